The summed E-state index contributed by atoms with van der Waals surface area (Å²) in [5.74, 6) is 0.639. The molecular weight excluding hydrogens is 342 g/mol. The lowest BCUT2D eigenvalue weighted by Gasteiger charge is -2.16. The molecule has 0 saturated heterocycles. The quantitative estimate of drug-likeness (QED) is 0.574. The number of hydrogen-bond donors (Lipinski definition) is 2. The molecule has 1 aliphatic carbocycles. The van der Waals surface area contributed by atoms with Crippen LogP contribution in [0.3, 0.4) is 0 Å². The fraction of sp³-hybridized carbons (Fsp3) is 0.316. The Balaban J connectivity index is 1.44. The van der Waals surface area contributed by atoms with Gasteiger partial charge in [0, 0.05) is 11.6 Å². The van der Waals surface area contributed by atoms with Crippen molar-refractivity contribution in [3.05, 3.63) is 48.3 Å². The lowest BCUT2D eigenvalue weighted by Crippen LogP contribution is -2.28. The first-order valence-corrected chi connectivity index (χ1v) is 9.11. The van der Waals surface area contributed by atoms with Crippen molar-refractivity contribution in [2.75, 3.05) is 5.32 Å². The van der Waals surface area contributed by atoms with Gasteiger partial charge in [-0.15, -0.1) is 5.10 Å². The van der Waals surface area contributed by atoms with Crippen molar-refractivity contribution in [2.24, 2.45) is 0 Å². The Labute approximate surface area is 155 Å². The normalized spacial score (nSPS) is 19.7. The standard InChI is InChI=1S/C19H19N7O/c27-16-5-1-4-15(16)22-17-10-21-18-19(23-17)26(25-24-18)11-12-6-7-14-13(9-12)3-2-8-20-14/h2-3,6-10,15-16,27H,1,4-5,11H2,(H,22,23)/t15-,16+/m0/s1. The van der Waals surface area contributed by atoms with Crippen LogP contribution in [0.2, 0.25) is 0 Å². The molecule has 136 valence electrons. The van der Waals surface area contributed by atoms with Crippen molar-refractivity contribution < 1.29 is 5.11 Å². The summed E-state index contributed by atoms with van der Waals surface area (Å²) in [4.78, 5) is 13.3. The zero-order valence-electron chi connectivity index (χ0n) is 14.7. The van der Waals surface area contributed by atoms with Crippen molar-refractivity contribution in [3.8, 4) is 0 Å². The fourth-order valence-electron chi connectivity index (χ4n) is 3.63. The zero-order valence-corrected chi connectivity index (χ0v) is 14.7. The fourth-order valence-corrected chi connectivity index (χ4v) is 3.63. The minimum Gasteiger partial charge on any atom is -0.391 e. The number of pyridine rings is 1. The maximum Gasteiger partial charge on any atom is 0.221 e. The smallest absolute Gasteiger partial charge is 0.221 e. The van der Waals surface area contributed by atoms with Crippen LogP contribution >= 0.6 is 0 Å². The van der Waals surface area contributed by atoms with Crippen molar-refractivity contribution in [1.29, 1.82) is 0 Å². The van der Waals surface area contributed by atoms with E-state index >= 15 is 0 Å². The Bertz CT molecular complexity index is 1110. The number of fused-ring (bicyclic) bond motifs is 2. The van der Waals surface area contributed by atoms with Gasteiger partial charge in [-0.3, -0.25) is 4.98 Å². The summed E-state index contributed by atoms with van der Waals surface area (Å²) in [5, 5.41) is 22.7. The molecule has 0 amide bonds. The molecule has 1 aromatic carbocycles. The number of benzene rings is 1. The molecule has 1 aliphatic rings. The van der Waals surface area contributed by atoms with Crippen LogP contribution in [-0.2, 0) is 6.54 Å². The van der Waals surface area contributed by atoms with E-state index in [0.29, 0.717) is 23.7 Å². The maximum atomic E-state index is 10.0. The number of anilines is 1. The maximum absolute atomic E-state index is 10.0. The van der Waals surface area contributed by atoms with E-state index in [1.165, 1.54) is 0 Å². The predicted octanol–water partition coefficient (Wildman–Crippen LogP) is 2.14. The third kappa shape index (κ3) is 3.08. The van der Waals surface area contributed by atoms with Crippen molar-refractivity contribution in [2.45, 2.75) is 38.0 Å². The van der Waals surface area contributed by atoms with Crippen LogP contribution in [0.1, 0.15) is 24.8 Å². The summed E-state index contributed by atoms with van der Waals surface area (Å²) >= 11 is 0. The van der Waals surface area contributed by atoms with Crippen molar-refractivity contribution in [1.82, 2.24) is 29.9 Å². The molecule has 0 spiro atoms. The largest absolute Gasteiger partial charge is 0.391 e. The highest BCUT2D eigenvalue weighted by molar-refractivity contribution is 5.79. The number of hydrogen-bond acceptors (Lipinski definition) is 7. The summed E-state index contributed by atoms with van der Waals surface area (Å²) in [6.07, 6.45) is 5.88. The summed E-state index contributed by atoms with van der Waals surface area (Å²) < 4.78 is 1.75. The second-order valence-corrected chi connectivity index (χ2v) is 6.93. The van der Waals surface area contributed by atoms with Crippen LogP contribution < -0.4 is 5.32 Å². The van der Waals surface area contributed by atoms with Gasteiger partial charge in [-0.2, -0.15) is 0 Å². The van der Waals surface area contributed by atoms with Gasteiger partial charge in [-0.25, -0.2) is 14.6 Å². The molecule has 5 rings (SSSR count). The van der Waals surface area contributed by atoms with E-state index in [2.05, 4.69) is 36.6 Å². The van der Waals surface area contributed by atoms with Gasteiger partial charge in [0.2, 0.25) is 5.65 Å². The van der Waals surface area contributed by atoms with Crippen molar-refractivity contribution >= 4 is 28.0 Å². The second-order valence-electron chi connectivity index (χ2n) is 6.93. The summed E-state index contributed by atoms with van der Waals surface area (Å²) in [5.41, 5.74) is 3.19. The van der Waals surface area contributed by atoms with Crippen molar-refractivity contribution in [3.63, 3.8) is 0 Å². The third-order valence-electron chi connectivity index (χ3n) is 5.04. The Kier molecular flexibility index (Phi) is 3.90. The number of aromatic nitrogens is 6. The molecule has 2 N–H and O–H groups in total. The molecule has 3 aromatic heterocycles. The summed E-state index contributed by atoms with van der Waals surface area (Å²) in [7, 11) is 0. The topological polar surface area (TPSA) is 102 Å². The first-order chi connectivity index (χ1) is 13.3. The monoisotopic (exact) mass is 361 g/mol. The molecule has 0 bridgehead atoms. The molecule has 4 aromatic rings. The van der Waals surface area contributed by atoms with Crippen LogP contribution in [0.15, 0.2) is 42.7 Å². The van der Waals surface area contributed by atoms with Crippen LogP contribution in [0, 0.1) is 0 Å². The molecule has 0 radical (unpaired) electrons. The van der Waals surface area contributed by atoms with Gasteiger partial charge in [0.15, 0.2) is 5.65 Å². The lowest BCUT2D eigenvalue weighted by molar-refractivity contribution is 0.171. The number of nitrogens with zero attached hydrogens (tertiary/aromatic N) is 6. The molecule has 0 unspecified atom stereocenters. The highest BCUT2D eigenvalue weighted by Gasteiger charge is 2.25. The van der Waals surface area contributed by atoms with Gasteiger partial charge >= 0.3 is 0 Å². The number of aliphatic hydroxyl groups is 1. The van der Waals surface area contributed by atoms with Gasteiger partial charge in [0.1, 0.15) is 5.82 Å². The van der Waals surface area contributed by atoms with E-state index in [-0.39, 0.29) is 12.1 Å². The van der Waals surface area contributed by atoms with E-state index in [0.717, 1.165) is 35.7 Å². The van der Waals surface area contributed by atoms with E-state index in [1.54, 1.807) is 17.1 Å². The van der Waals surface area contributed by atoms with Gasteiger partial charge in [-0.1, -0.05) is 17.3 Å². The summed E-state index contributed by atoms with van der Waals surface area (Å²) in [6, 6.07) is 10.1. The minimum atomic E-state index is -0.336. The molecule has 8 heteroatoms. The molecule has 8 nitrogen and oxygen atoms in total. The van der Waals surface area contributed by atoms with Gasteiger partial charge < -0.3 is 10.4 Å². The van der Waals surface area contributed by atoms with Crippen LogP contribution in [0.4, 0.5) is 5.82 Å². The molecule has 2 atom stereocenters. The molecule has 27 heavy (non-hydrogen) atoms. The Hall–Kier alpha value is -3.13. The Morgan fingerprint density at radius 2 is 2.15 bits per heavy atom. The average molecular weight is 361 g/mol. The van der Waals surface area contributed by atoms with Crippen LogP contribution in [0.5, 0.6) is 0 Å². The lowest BCUT2D eigenvalue weighted by atomic mass is 10.1. The van der Waals surface area contributed by atoms with Gasteiger partial charge in [-0.05, 0) is 43.0 Å². The number of aliphatic hydroxyl groups excluding tert-OH is 1. The zero-order chi connectivity index (χ0) is 18.2. The molecule has 3 heterocycles. The van der Waals surface area contributed by atoms with E-state index in [1.807, 2.05) is 24.3 Å². The molecule has 1 saturated carbocycles. The average Bonchev–Trinajstić information content (AvgIpc) is 3.28. The van der Waals surface area contributed by atoms with E-state index in [9.17, 15) is 5.11 Å². The Morgan fingerprint density at radius 3 is 3.04 bits per heavy atom. The predicted molar refractivity (Wildman–Crippen MR) is 101 cm³/mol. The summed E-state index contributed by atoms with van der Waals surface area (Å²) in [6.45, 7) is 0.547. The minimum absolute atomic E-state index is 0.0223. The first-order valence-electron chi connectivity index (χ1n) is 9.11. The van der Waals surface area contributed by atoms with Crippen LogP contribution in [0.25, 0.3) is 22.2 Å². The first kappa shape index (κ1) is 16.1. The number of nitrogens with one attached hydrogen (secondary N) is 1. The second kappa shape index (κ2) is 6.55. The Morgan fingerprint density at radius 1 is 1.19 bits per heavy atom. The SMILES string of the molecule is O[C@@H]1CCC[C@@H]1Nc1cnc2nnn(Cc3ccc4ncccc4c3)c2n1. The third-order valence-corrected chi connectivity index (χ3v) is 5.04. The van der Waals surface area contributed by atoms with Crippen LogP contribution in [-0.4, -0.2) is 47.2 Å². The highest BCUT2D eigenvalue weighted by Crippen LogP contribution is 2.23. The highest BCUT2D eigenvalue weighted by atomic mass is 16.3. The van der Waals surface area contributed by atoms with Gasteiger partial charge in [0.05, 0.1) is 30.4 Å². The number of rotatable bonds is 4. The van der Waals surface area contributed by atoms with Gasteiger partial charge in [0.25, 0.3) is 0 Å². The molecule has 1 fully saturated rings. The molecular formula is C19H19N7O. The van der Waals surface area contributed by atoms with E-state index < -0.39 is 0 Å². The van der Waals surface area contributed by atoms with E-state index in [4.69, 9.17) is 0 Å². The molecule has 0 aliphatic heterocycles.